The van der Waals surface area contributed by atoms with Gasteiger partial charge in [-0.1, -0.05) is 69.3 Å². The fraction of sp³-hybridized carbons (Fsp3) is 0.300. The van der Waals surface area contributed by atoms with E-state index in [1.54, 1.807) is 0 Å². The SMILES string of the molecule is CC/C=C\[C@@H](NP(=O)(c1ccccc1)c1ccccc1)C(C)C. The van der Waals surface area contributed by atoms with Crippen LogP contribution in [0.3, 0.4) is 0 Å². The second kappa shape index (κ2) is 8.29. The third kappa shape index (κ3) is 4.43. The Labute approximate surface area is 140 Å². The van der Waals surface area contributed by atoms with Crippen LogP contribution in [-0.2, 0) is 4.57 Å². The van der Waals surface area contributed by atoms with Crippen LogP contribution in [0.15, 0.2) is 72.8 Å². The van der Waals surface area contributed by atoms with Crippen molar-refractivity contribution in [1.29, 1.82) is 0 Å². The maximum Gasteiger partial charge on any atom is 0.205 e. The van der Waals surface area contributed by atoms with Gasteiger partial charge >= 0.3 is 0 Å². The second-order valence-corrected chi connectivity index (χ2v) is 8.53. The summed E-state index contributed by atoms with van der Waals surface area (Å²) in [5, 5.41) is 5.16. The van der Waals surface area contributed by atoms with E-state index in [1.165, 1.54) is 0 Å². The summed E-state index contributed by atoms with van der Waals surface area (Å²) in [5.41, 5.74) is 0. The molecule has 0 aliphatic rings. The molecule has 122 valence electrons. The number of benzene rings is 2. The predicted octanol–water partition coefficient (Wildman–Crippen LogP) is 4.50. The molecule has 2 aromatic carbocycles. The van der Waals surface area contributed by atoms with Gasteiger partial charge in [-0.05, 0) is 36.6 Å². The summed E-state index contributed by atoms with van der Waals surface area (Å²) in [6.07, 6.45) is 5.26. The average Bonchev–Trinajstić information content (AvgIpc) is 2.59. The van der Waals surface area contributed by atoms with Gasteiger partial charge < -0.3 is 0 Å². The Bertz CT molecular complexity index is 621. The molecule has 2 nitrogen and oxygen atoms in total. The zero-order chi connectivity index (χ0) is 16.7. The maximum absolute atomic E-state index is 13.9. The molecule has 0 fully saturated rings. The van der Waals surface area contributed by atoms with Crippen LogP contribution < -0.4 is 15.7 Å². The van der Waals surface area contributed by atoms with Gasteiger partial charge in [0.2, 0.25) is 7.29 Å². The summed E-state index contributed by atoms with van der Waals surface area (Å²) in [5.74, 6) is 0.360. The van der Waals surface area contributed by atoms with E-state index in [0.717, 1.165) is 17.0 Å². The lowest BCUT2D eigenvalue weighted by molar-refractivity contribution is 0.514. The van der Waals surface area contributed by atoms with E-state index in [9.17, 15) is 4.57 Å². The van der Waals surface area contributed by atoms with E-state index in [-0.39, 0.29) is 6.04 Å². The molecule has 23 heavy (non-hydrogen) atoms. The van der Waals surface area contributed by atoms with Crippen LogP contribution >= 0.6 is 7.29 Å². The predicted molar refractivity (Wildman–Crippen MR) is 101 cm³/mol. The van der Waals surface area contributed by atoms with Crippen LogP contribution in [-0.4, -0.2) is 6.04 Å². The highest BCUT2D eigenvalue weighted by Crippen LogP contribution is 2.40. The molecule has 3 heteroatoms. The highest BCUT2D eigenvalue weighted by Gasteiger charge is 2.30. The first-order valence-electron chi connectivity index (χ1n) is 8.23. The second-order valence-electron chi connectivity index (χ2n) is 6.02. The maximum atomic E-state index is 13.9. The molecule has 2 aromatic rings. The molecule has 2 rings (SSSR count). The first kappa shape index (κ1) is 17.7. The number of nitrogens with one attached hydrogen (secondary N) is 1. The summed E-state index contributed by atoms with van der Waals surface area (Å²) in [6, 6.07) is 19.5. The molecule has 1 atom stereocenters. The molecule has 0 bridgehead atoms. The molecule has 0 aromatic heterocycles. The van der Waals surface area contributed by atoms with Crippen molar-refractivity contribution >= 4 is 17.9 Å². The van der Waals surface area contributed by atoms with Crippen LogP contribution in [0.2, 0.25) is 0 Å². The van der Waals surface area contributed by atoms with E-state index in [4.69, 9.17) is 0 Å². The molecule has 0 saturated heterocycles. The zero-order valence-electron chi connectivity index (χ0n) is 14.1. The number of allylic oxidation sites excluding steroid dienone is 1. The summed E-state index contributed by atoms with van der Waals surface area (Å²) in [7, 11) is -2.88. The van der Waals surface area contributed by atoms with Crippen molar-refractivity contribution in [3.63, 3.8) is 0 Å². The van der Waals surface area contributed by atoms with Crippen LogP contribution in [0.25, 0.3) is 0 Å². The Hall–Kier alpha value is -1.63. The molecule has 0 amide bonds. The van der Waals surface area contributed by atoms with Crippen LogP contribution in [0, 0.1) is 5.92 Å². The molecule has 0 heterocycles. The van der Waals surface area contributed by atoms with Crippen LogP contribution in [0.4, 0.5) is 0 Å². The summed E-state index contributed by atoms with van der Waals surface area (Å²) in [4.78, 5) is 0. The zero-order valence-corrected chi connectivity index (χ0v) is 15.0. The summed E-state index contributed by atoms with van der Waals surface area (Å²) in [6.45, 7) is 6.41. The largest absolute Gasteiger partial charge is 0.297 e. The Morgan fingerprint density at radius 3 is 1.83 bits per heavy atom. The quantitative estimate of drug-likeness (QED) is 0.599. The van der Waals surface area contributed by atoms with E-state index in [0.29, 0.717) is 5.92 Å². The van der Waals surface area contributed by atoms with E-state index < -0.39 is 7.29 Å². The molecule has 1 N–H and O–H groups in total. The third-order valence-electron chi connectivity index (χ3n) is 3.87. The van der Waals surface area contributed by atoms with Crippen molar-refractivity contribution in [2.45, 2.75) is 33.2 Å². The molecule has 0 spiro atoms. The topological polar surface area (TPSA) is 29.1 Å². The fourth-order valence-electron chi connectivity index (χ4n) is 2.48. The van der Waals surface area contributed by atoms with Gasteiger partial charge in [0.15, 0.2) is 0 Å². The van der Waals surface area contributed by atoms with Crippen LogP contribution in [0.1, 0.15) is 27.2 Å². The third-order valence-corrected chi connectivity index (χ3v) is 6.58. The molecule has 0 radical (unpaired) electrons. The molecule has 0 saturated carbocycles. The Morgan fingerprint density at radius 2 is 1.43 bits per heavy atom. The summed E-state index contributed by atoms with van der Waals surface area (Å²) < 4.78 is 13.9. The van der Waals surface area contributed by atoms with Gasteiger partial charge in [0, 0.05) is 16.7 Å². The fourth-order valence-corrected chi connectivity index (χ4v) is 5.07. The first-order valence-corrected chi connectivity index (χ1v) is 9.94. The number of rotatable bonds is 7. The average molecular weight is 327 g/mol. The van der Waals surface area contributed by atoms with Crippen molar-refractivity contribution in [1.82, 2.24) is 5.09 Å². The van der Waals surface area contributed by atoms with Gasteiger partial charge in [-0.25, -0.2) is 0 Å². The van der Waals surface area contributed by atoms with Crippen molar-refractivity contribution in [3.8, 4) is 0 Å². The molecular formula is C20H26NOP. The first-order chi connectivity index (χ1) is 11.1. The number of hydrogen-bond donors (Lipinski definition) is 1. The minimum Gasteiger partial charge on any atom is -0.297 e. The van der Waals surface area contributed by atoms with Crippen molar-refractivity contribution in [2.75, 3.05) is 0 Å². The minimum atomic E-state index is -2.88. The highest BCUT2D eigenvalue weighted by molar-refractivity contribution is 7.76. The van der Waals surface area contributed by atoms with Gasteiger partial charge in [0.1, 0.15) is 0 Å². The Morgan fingerprint density at radius 1 is 0.957 bits per heavy atom. The van der Waals surface area contributed by atoms with Gasteiger partial charge in [0.05, 0.1) is 0 Å². The molecule has 0 aliphatic carbocycles. The lowest BCUT2D eigenvalue weighted by Crippen LogP contribution is -2.37. The highest BCUT2D eigenvalue weighted by atomic mass is 31.2. The van der Waals surface area contributed by atoms with E-state index >= 15 is 0 Å². The Balaban J connectivity index is 2.46. The standard InChI is InChI=1S/C20H26NOP/c1-4-5-16-20(17(2)3)21-23(22,18-12-8-6-9-13-18)19-14-10-7-11-15-19/h5-17,20H,4H2,1-3H3,(H,21,22)/b16-5-/t20-/m1/s1. The minimum absolute atomic E-state index is 0.0706. The lowest BCUT2D eigenvalue weighted by atomic mass is 10.1. The normalized spacial score (nSPS) is 13.6. The monoisotopic (exact) mass is 327 g/mol. The van der Waals surface area contributed by atoms with Crippen molar-refractivity contribution in [3.05, 3.63) is 72.8 Å². The summed E-state index contributed by atoms with van der Waals surface area (Å²) >= 11 is 0. The smallest absolute Gasteiger partial charge is 0.205 e. The van der Waals surface area contributed by atoms with Gasteiger partial charge in [-0.15, -0.1) is 0 Å². The lowest BCUT2D eigenvalue weighted by Gasteiger charge is -2.27. The van der Waals surface area contributed by atoms with Crippen LogP contribution in [0.5, 0.6) is 0 Å². The van der Waals surface area contributed by atoms with E-state index in [2.05, 4.69) is 38.0 Å². The van der Waals surface area contributed by atoms with Gasteiger partial charge in [-0.2, -0.15) is 0 Å². The molecule has 0 aliphatic heterocycles. The number of hydrogen-bond acceptors (Lipinski definition) is 1. The van der Waals surface area contributed by atoms with Crippen molar-refractivity contribution in [2.24, 2.45) is 5.92 Å². The van der Waals surface area contributed by atoms with Gasteiger partial charge in [-0.3, -0.25) is 9.65 Å². The van der Waals surface area contributed by atoms with Gasteiger partial charge in [0.25, 0.3) is 0 Å². The Kier molecular flexibility index (Phi) is 6.38. The molecular weight excluding hydrogens is 301 g/mol. The van der Waals surface area contributed by atoms with E-state index in [1.807, 2.05) is 60.7 Å². The van der Waals surface area contributed by atoms with Crippen molar-refractivity contribution < 1.29 is 4.57 Å². The molecule has 0 unspecified atom stereocenters.